The molecule has 0 saturated carbocycles. The van der Waals surface area contributed by atoms with Crippen molar-refractivity contribution in [1.82, 2.24) is 4.72 Å². The van der Waals surface area contributed by atoms with Gasteiger partial charge in [0.2, 0.25) is 10.0 Å². The maximum atomic E-state index is 11.7. The molecule has 1 aliphatic rings. The zero-order valence-electron chi connectivity index (χ0n) is 11.3. The van der Waals surface area contributed by atoms with E-state index in [1.165, 1.54) is 12.3 Å². The highest BCUT2D eigenvalue weighted by molar-refractivity contribution is 7.93. The van der Waals surface area contributed by atoms with Gasteiger partial charge in [-0.3, -0.25) is 4.99 Å². The van der Waals surface area contributed by atoms with E-state index in [4.69, 9.17) is 5.11 Å². The molecule has 0 aliphatic carbocycles. The third-order valence-corrected chi connectivity index (χ3v) is 3.45. The third-order valence-electron chi connectivity index (χ3n) is 2.00. The number of hydrogen-bond acceptors (Lipinski definition) is 4. The first-order valence-corrected chi connectivity index (χ1v) is 7.40. The van der Waals surface area contributed by atoms with Crippen LogP contribution in [0.25, 0.3) is 0 Å². The average Bonchev–Trinajstić information content (AvgIpc) is 2.51. The van der Waals surface area contributed by atoms with Gasteiger partial charge < -0.3 is 5.11 Å². The summed E-state index contributed by atoms with van der Waals surface area (Å²) in [6, 6.07) is 0. The second kappa shape index (κ2) is 7.45. The Labute approximate surface area is 109 Å². The average molecular weight is 274 g/mol. The monoisotopic (exact) mass is 274 g/mol. The number of aliphatic hydroxyl groups is 1. The van der Waals surface area contributed by atoms with Gasteiger partial charge in [0.15, 0.2) is 0 Å². The van der Waals surface area contributed by atoms with Gasteiger partial charge >= 0.3 is 0 Å². The summed E-state index contributed by atoms with van der Waals surface area (Å²) in [5.41, 5.74) is -0.259. The molecule has 0 aromatic heterocycles. The van der Waals surface area contributed by atoms with Crippen molar-refractivity contribution in [2.45, 2.75) is 27.7 Å². The Bertz CT molecular complexity index is 434. The van der Waals surface area contributed by atoms with Gasteiger partial charge in [-0.2, -0.15) is 0 Å². The Morgan fingerprint density at radius 2 is 2.00 bits per heavy atom. The van der Waals surface area contributed by atoms with Crippen molar-refractivity contribution in [3.05, 3.63) is 23.3 Å². The number of sulfonamides is 1. The highest BCUT2D eigenvalue weighted by Crippen LogP contribution is 2.20. The fourth-order valence-electron chi connectivity index (χ4n) is 1.11. The summed E-state index contributed by atoms with van der Waals surface area (Å²) in [7, 11) is -3.57. The lowest BCUT2D eigenvalue weighted by Crippen LogP contribution is -2.27. The minimum atomic E-state index is -3.57. The number of nitrogens with zero attached hydrogens (tertiary/aromatic N) is 1. The molecule has 0 aromatic rings. The molecular weight excluding hydrogens is 252 g/mol. The molecule has 1 aliphatic heterocycles. The molecule has 0 fully saturated rings. The van der Waals surface area contributed by atoms with E-state index in [1.54, 1.807) is 12.3 Å². The van der Waals surface area contributed by atoms with Crippen LogP contribution in [0.2, 0.25) is 0 Å². The Balaban J connectivity index is 0.00000137. The van der Waals surface area contributed by atoms with Crippen molar-refractivity contribution in [2.24, 2.45) is 10.4 Å². The van der Waals surface area contributed by atoms with Gasteiger partial charge in [-0.1, -0.05) is 33.8 Å². The van der Waals surface area contributed by atoms with E-state index >= 15 is 0 Å². The minimum Gasteiger partial charge on any atom is -0.395 e. The van der Waals surface area contributed by atoms with Crippen LogP contribution < -0.4 is 4.72 Å². The lowest BCUT2D eigenvalue weighted by Gasteiger charge is -2.11. The highest BCUT2D eigenvalue weighted by atomic mass is 32.2. The predicted molar refractivity (Wildman–Crippen MR) is 74.9 cm³/mol. The molecule has 2 N–H and O–H groups in total. The Hall–Kier alpha value is -0.980. The molecule has 104 valence electrons. The van der Waals surface area contributed by atoms with Crippen LogP contribution in [0, 0.1) is 5.41 Å². The number of nitrogens with one attached hydrogen (secondary N) is 1. The highest BCUT2D eigenvalue weighted by Gasteiger charge is 2.18. The Morgan fingerprint density at radius 3 is 2.56 bits per heavy atom. The molecule has 1 rings (SSSR count). The molecule has 0 bridgehead atoms. The normalized spacial score (nSPS) is 17.5. The molecule has 0 spiro atoms. The maximum absolute atomic E-state index is 11.7. The van der Waals surface area contributed by atoms with Gasteiger partial charge in [0.1, 0.15) is 0 Å². The Kier molecular flexibility index (Phi) is 7.05. The van der Waals surface area contributed by atoms with E-state index in [0.717, 1.165) is 0 Å². The van der Waals surface area contributed by atoms with Crippen LogP contribution in [-0.2, 0) is 10.0 Å². The first-order chi connectivity index (χ1) is 8.37. The summed E-state index contributed by atoms with van der Waals surface area (Å²) in [6.07, 6.45) is 6.27. The van der Waals surface area contributed by atoms with Gasteiger partial charge in [0.05, 0.1) is 11.5 Å². The summed E-state index contributed by atoms with van der Waals surface area (Å²) in [5.74, 6) is 0. The molecule has 0 saturated heterocycles. The summed E-state index contributed by atoms with van der Waals surface area (Å²) in [5, 5.41) is 8.57. The van der Waals surface area contributed by atoms with Crippen LogP contribution in [0.1, 0.15) is 27.7 Å². The van der Waals surface area contributed by atoms with E-state index in [0.29, 0.717) is 0 Å². The van der Waals surface area contributed by atoms with Crippen molar-refractivity contribution < 1.29 is 13.5 Å². The van der Waals surface area contributed by atoms with E-state index < -0.39 is 10.0 Å². The fraction of sp³-hybridized carbons (Fsp3) is 0.583. The van der Waals surface area contributed by atoms with Crippen LogP contribution >= 0.6 is 0 Å². The first-order valence-electron chi connectivity index (χ1n) is 5.92. The third kappa shape index (κ3) is 5.57. The van der Waals surface area contributed by atoms with Crippen molar-refractivity contribution in [2.75, 3.05) is 13.2 Å². The van der Waals surface area contributed by atoms with E-state index in [-0.39, 0.29) is 23.5 Å². The zero-order valence-corrected chi connectivity index (χ0v) is 12.2. The summed E-state index contributed by atoms with van der Waals surface area (Å²) in [4.78, 5) is 4.05. The van der Waals surface area contributed by atoms with Gasteiger partial charge in [0, 0.05) is 24.4 Å². The van der Waals surface area contributed by atoms with E-state index in [2.05, 4.69) is 9.71 Å². The van der Waals surface area contributed by atoms with Crippen molar-refractivity contribution in [3.8, 4) is 0 Å². The van der Waals surface area contributed by atoms with Gasteiger partial charge in [-0.25, -0.2) is 13.1 Å². The van der Waals surface area contributed by atoms with Crippen LogP contribution in [-0.4, -0.2) is 32.9 Å². The van der Waals surface area contributed by atoms with Crippen molar-refractivity contribution in [3.63, 3.8) is 0 Å². The van der Waals surface area contributed by atoms with Gasteiger partial charge in [0.25, 0.3) is 0 Å². The minimum absolute atomic E-state index is 0.000616. The topological polar surface area (TPSA) is 78.8 Å². The molecule has 0 unspecified atom stereocenters. The number of aliphatic imine (C=N–C) groups is 1. The lowest BCUT2D eigenvalue weighted by atomic mass is 9.95. The molecule has 0 radical (unpaired) electrons. The molecule has 5 nitrogen and oxygen atoms in total. The summed E-state index contributed by atoms with van der Waals surface area (Å²) >= 11 is 0. The second-order valence-electron chi connectivity index (χ2n) is 4.09. The fourth-order valence-corrected chi connectivity index (χ4v) is 2.08. The van der Waals surface area contributed by atoms with Crippen LogP contribution in [0.4, 0.5) is 0 Å². The molecule has 1 heterocycles. The van der Waals surface area contributed by atoms with Crippen molar-refractivity contribution >= 4 is 16.2 Å². The number of rotatable bonds is 4. The largest absolute Gasteiger partial charge is 0.395 e. The van der Waals surface area contributed by atoms with Crippen molar-refractivity contribution in [1.29, 1.82) is 0 Å². The summed E-state index contributed by atoms with van der Waals surface area (Å²) < 4.78 is 25.6. The second-order valence-corrected chi connectivity index (χ2v) is 5.85. The smallest absolute Gasteiger partial charge is 0.242 e. The standard InChI is InChI=1S/C10H16N2O3S.C2H6/c1-10(2)4-3-9(7-11-8-10)16(14,15)12-5-6-13;1-2/h3-4,7-8,12-13H,5-6H2,1-2H3;1-2H3. The predicted octanol–water partition coefficient (Wildman–Crippen LogP) is 1.43. The van der Waals surface area contributed by atoms with Gasteiger partial charge in [-0.15, -0.1) is 0 Å². The van der Waals surface area contributed by atoms with Gasteiger partial charge in [-0.05, 0) is 6.08 Å². The molecule has 0 atom stereocenters. The summed E-state index contributed by atoms with van der Waals surface area (Å²) in [6.45, 7) is 7.63. The first kappa shape index (κ1) is 17.0. The SMILES string of the molecule is CC.CC1(C)C=CC(S(=O)(=O)NCCO)=CN=C1. The quantitative estimate of drug-likeness (QED) is 0.814. The number of allylic oxidation sites excluding steroid dienone is 2. The number of aliphatic hydroxyl groups excluding tert-OH is 1. The van der Waals surface area contributed by atoms with E-state index in [9.17, 15) is 8.42 Å². The molecule has 18 heavy (non-hydrogen) atoms. The lowest BCUT2D eigenvalue weighted by molar-refractivity contribution is 0.301. The molecular formula is C12H22N2O3S. The van der Waals surface area contributed by atoms with Crippen LogP contribution in [0.5, 0.6) is 0 Å². The molecule has 0 aromatic carbocycles. The zero-order chi connectivity index (χ0) is 14.2. The van der Waals surface area contributed by atoms with Crippen LogP contribution in [0.15, 0.2) is 28.2 Å². The van der Waals surface area contributed by atoms with Crippen LogP contribution in [0.3, 0.4) is 0 Å². The molecule has 0 amide bonds. The Morgan fingerprint density at radius 1 is 1.39 bits per heavy atom. The number of hydrogen-bond donors (Lipinski definition) is 2. The maximum Gasteiger partial charge on any atom is 0.242 e. The van der Waals surface area contributed by atoms with E-state index in [1.807, 2.05) is 27.7 Å². The molecule has 6 heteroatoms.